The fourth-order valence-corrected chi connectivity index (χ4v) is 3.89. The normalized spacial score (nSPS) is 12.1. The van der Waals surface area contributed by atoms with Crippen molar-refractivity contribution in [1.29, 1.82) is 0 Å². The fraction of sp³-hybridized carbons (Fsp3) is 0.520. The first-order valence-electron chi connectivity index (χ1n) is 10.5. The van der Waals surface area contributed by atoms with Crippen LogP contribution in [0.3, 0.4) is 0 Å². The smallest absolute Gasteiger partial charge is 0.0900 e. The van der Waals surface area contributed by atoms with Crippen LogP contribution in [0.15, 0.2) is 54.6 Å². The Hall–Kier alpha value is -1.68. The van der Waals surface area contributed by atoms with Crippen molar-refractivity contribution in [3.63, 3.8) is 0 Å². The molecular formula is C25H38N2O. The molecular weight excluding hydrogens is 344 g/mol. The minimum absolute atomic E-state index is 0.751. The summed E-state index contributed by atoms with van der Waals surface area (Å²) in [5.41, 5.74) is 3.01. The molecule has 2 aromatic carbocycles. The minimum Gasteiger partial charge on any atom is -0.385 e. The molecule has 0 heterocycles. The van der Waals surface area contributed by atoms with E-state index in [4.69, 9.17) is 0 Å². The molecule has 3 heteroatoms. The van der Waals surface area contributed by atoms with Crippen molar-refractivity contribution in [1.82, 2.24) is 9.80 Å². The number of aryl methyl sites for hydroxylation is 2. The molecule has 2 aromatic rings. The zero-order chi connectivity index (χ0) is 20.4. The highest BCUT2D eigenvalue weighted by molar-refractivity contribution is 5.33. The summed E-state index contributed by atoms with van der Waals surface area (Å²) in [7, 11) is 8.38. The molecule has 0 radical (unpaired) electrons. The van der Waals surface area contributed by atoms with Gasteiger partial charge in [-0.1, -0.05) is 54.6 Å². The van der Waals surface area contributed by atoms with Crippen LogP contribution in [0, 0.1) is 0 Å². The Morgan fingerprint density at radius 3 is 1.82 bits per heavy atom. The van der Waals surface area contributed by atoms with Gasteiger partial charge >= 0.3 is 0 Å². The SMILES string of the molecule is CN(C)CCCC(O)(CCCN(C)C)c1ccccc1CCc1ccccc1. The monoisotopic (exact) mass is 382 g/mol. The lowest BCUT2D eigenvalue weighted by Gasteiger charge is -2.32. The van der Waals surface area contributed by atoms with Gasteiger partial charge in [0, 0.05) is 0 Å². The van der Waals surface area contributed by atoms with E-state index in [0.717, 1.165) is 57.2 Å². The highest BCUT2D eigenvalue weighted by Gasteiger charge is 2.30. The Kier molecular flexibility index (Phi) is 9.17. The molecule has 0 aliphatic carbocycles. The summed E-state index contributed by atoms with van der Waals surface area (Å²) in [5.74, 6) is 0. The number of aliphatic hydroxyl groups is 1. The lowest BCUT2D eigenvalue weighted by Crippen LogP contribution is -2.30. The van der Waals surface area contributed by atoms with E-state index in [0.29, 0.717) is 0 Å². The number of hydrogen-bond acceptors (Lipinski definition) is 3. The Morgan fingerprint density at radius 2 is 1.25 bits per heavy atom. The molecule has 154 valence electrons. The van der Waals surface area contributed by atoms with Gasteiger partial charge in [-0.3, -0.25) is 0 Å². The molecule has 0 fully saturated rings. The molecule has 0 saturated carbocycles. The van der Waals surface area contributed by atoms with E-state index in [-0.39, 0.29) is 0 Å². The van der Waals surface area contributed by atoms with E-state index in [1.54, 1.807) is 0 Å². The Labute approximate surface area is 172 Å². The summed E-state index contributed by atoms with van der Waals surface area (Å²) < 4.78 is 0. The molecule has 0 saturated heterocycles. The Morgan fingerprint density at radius 1 is 0.714 bits per heavy atom. The quantitative estimate of drug-likeness (QED) is 0.591. The first-order valence-corrected chi connectivity index (χ1v) is 10.5. The molecule has 1 N–H and O–H groups in total. The summed E-state index contributed by atoms with van der Waals surface area (Å²) in [4.78, 5) is 4.39. The molecule has 0 amide bonds. The van der Waals surface area contributed by atoms with E-state index in [2.05, 4.69) is 92.6 Å². The van der Waals surface area contributed by atoms with Gasteiger partial charge in [-0.15, -0.1) is 0 Å². The third kappa shape index (κ3) is 7.38. The van der Waals surface area contributed by atoms with Gasteiger partial charge in [0.05, 0.1) is 5.60 Å². The summed E-state index contributed by atoms with van der Waals surface area (Å²) in [6.45, 7) is 2.00. The van der Waals surface area contributed by atoms with Crippen molar-refractivity contribution in [2.45, 2.75) is 44.1 Å². The van der Waals surface area contributed by atoms with Crippen molar-refractivity contribution < 1.29 is 5.11 Å². The zero-order valence-corrected chi connectivity index (χ0v) is 18.2. The summed E-state index contributed by atoms with van der Waals surface area (Å²) >= 11 is 0. The van der Waals surface area contributed by atoms with Gasteiger partial charge in [0.1, 0.15) is 0 Å². The number of hydrogen-bond donors (Lipinski definition) is 1. The van der Waals surface area contributed by atoms with Crippen LogP contribution < -0.4 is 0 Å². The molecule has 0 aliphatic heterocycles. The molecule has 0 unspecified atom stereocenters. The first-order chi connectivity index (χ1) is 13.4. The van der Waals surface area contributed by atoms with E-state index < -0.39 is 5.60 Å². The van der Waals surface area contributed by atoms with Crippen molar-refractivity contribution in [3.05, 3.63) is 71.3 Å². The van der Waals surface area contributed by atoms with Crippen molar-refractivity contribution in [2.24, 2.45) is 0 Å². The molecule has 0 bridgehead atoms. The molecule has 28 heavy (non-hydrogen) atoms. The molecule has 0 aliphatic rings. The van der Waals surface area contributed by atoms with Crippen LogP contribution in [0.4, 0.5) is 0 Å². The lowest BCUT2D eigenvalue weighted by atomic mass is 9.81. The van der Waals surface area contributed by atoms with Crippen LogP contribution in [0.25, 0.3) is 0 Å². The Bertz CT molecular complexity index is 668. The Balaban J connectivity index is 2.17. The summed E-state index contributed by atoms with van der Waals surface area (Å²) in [6.07, 6.45) is 5.58. The average molecular weight is 383 g/mol. The second-order valence-corrected chi connectivity index (χ2v) is 8.49. The highest BCUT2D eigenvalue weighted by atomic mass is 16.3. The average Bonchev–Trinajstić information content (AvgIpc) is 2.67. The maximum absolute atomic E-state index is 11.7. The van der Waals surface area contributed by atoms with Crippen LogP contribution in [0.5, 0.6) is 0 Å². The molecule has 0 spiro atoms. The van der Waals surface area contributed by atoms with Crippen molar-refractivity contribution >= 4 is 0 Å². The number of rotatable bonds is 12. The second-order valence-electron chi connectivity index (χ2n) is 8.49. The van der Waals surface area contributed by atoms with Gasteiger partial charge in [0.15, 0.2) is 0 Å². The van der Waals surface area contributed by atoms with Gasteiger partial charge in [-0.25, -0.2) is 0 Å². The third-order valence-corrected chi connectivity index (χ3v) is 5.44. The van der Waals surface area contributed by atoms with Crippen LogP contribution in [0.1, 0.15) is 42.4 Å². The standard InChI is InChI=1S/C25H38N2O/c1-26(2)20-10-18-25(28,19-11-21-27(3)4)24-15-9-8-14-23(24)17-16-22-12-6-5-7-13-22/h5-9,12-15,28H,10-11,16-21H2,1-4H3. The third-order valence-electron chi connectivity index (χ3n) is 5.44. The van der Waals surface area contributed by atoms with E-state index in [9.17, 15) is 5.11 Å². The van der Waals surface area contributed by atoms with Gasteiger partial charge in [0.2, 0.25) is 0 Å². The van der Waals surface area contributed by atoms with Crippen molar-refractivity contribution in [3.8, 4) is 0 Å². The first kappa shape index (κ1) is 22.6. The van der Waals surface area contributed by atoms with Crippen molar-refractivity contribution in [2.75, 3.05) is 41.3 Å². The molecule has 3 nitrogen and oxygen atoms in total. The molecule has 0 aromatic heterocycles. The van der Waals surface area contributed by atoms with Crippen LogP contribution in [-0.4, -0.2) is 56.2 Å². The fourth-order valence-electron chi connectivity index (χ4n) is 3.89. The van der Waals surface area contributed by atoms with E-state index in [1.807, 2.05) is 0 Å². The van der Waals surface area contributed by atoms with Gasteiger partial charge in [-0.2, -0.15) is 0 Å². The molecule has 0 atom stereocenters. The maximum atomic E-state index is 11.7. The van der Waals surface area contributed by atoms with Gasteiger partial charge in [-0.05, 0) is 96.5 Å². The predicted octanol–water partition coefficient (Wildman–Crippen LogP) is 4.34. The second kappa shape index (κ2) is 11.4. The minimum atomic E-state index is -0.751. The molecule has 2 rings (SSSR count). The topological polar surface area (TPSA) is 26.7 Å². The number of nitrogens with zero attached hydrogens (tertiary/aromatic N) is 2. The van der Waals surface area contributed by atoms with E-state index in [1.165, 1.54) is 11.1 Å². The van der Waals surface area contributed by atoms with Crippen LogP contribution >= 0.6 is 0 Å². The highest BCUT2D eigenvalue weighted by Crippen LogP contribution is 2.34. The lowest BCUT2D eigenvalue weighted by molar-refractivity contribution is 0.0107. The summed E-state index contributed by atoms with van der Waals surface area (Å²) in [5, 5.41) is 11.7. The maximum Gasteiger partial charge on any atom is 0.0900 e. The zero-order valence-electron chi connectivity index (χ0n) is 18.2. The largest absolute Gasteiger partial charge is 0.385 e. The van der Waals surface area contributed by atoms with Crippen LogP contribution in [-0.2, 0) is 18.4 Å². The predicted molar refractivity (Wildman–Crippen MR) is 120 cm³/mol. The summed E-state index contributed by atoms with van der Waals surface area (Å²) in [6, 6.07) is 19.1. The van der Waals surface area contributed by atoms with Gasteiger partial charge in [0.25, 0.3) is 0 Å². The van der Waals surface area contributed by atoms with Crippen LogP contribution in [0.2, 0.25) is 0 Å². The number of benzene rings is 2. The van der Waals surface area contributed by atoms with Gasteiger partial charge < -0.3 is 14.9 Å². The van der Waals surface area contributed by atoms with E-state index >= 15 is 0 Å².